The Bertz CT molecular complexity index is 4650. The van der Waals surface area contributed by atoms with Crippen molar-refractivity contribution >= 4 is 127 Å². The van der Waals surface area contributed by atoms with Gasteiger partial charge in [0.2, 0.25) is 0 Å². The number of anilines is 5. The second-order valence-corrected chi connectivity index (χ2v) is 29.5. The van der Waals surface area contributed by atoms with Gasteiger partial charge in [0.15, 0.2) is 0 Å². The van der Waals surface area contributed by atoms with Crippen molar-refractivity contribution in [1.82, 2.24) is 9.97 Å². The molecule has 12 rings (SSSR count). The van der Waals surface area contributed by atoms with Crippen LogP contribution in [0.15, 0.2) is 243 Å². The Balaban J connectivity index is 0.000000157. The Morgan fingerprint density at radius 1 is 0.376 bits per heavy atom. The van der Waals surface area contributed by atoms with E-state index in [0.29, 0.717) is 52.7 Å². The number of hydrogen-bond acceptors (Lipinski definition) is 14. The number of pyridine rings is 2. The second-order valence-electron chi connectivity index (χ2n) is 24.3. The number of ether oxygens (including phenoxy) is 3. The van der Waals surface area contributed by atoms with Crippen LogP contribution in [-0.2, 0) is 4.74 Å². The van der Waals surface area contributed by atoms with Gasteiger partial charge in [-0.2, -0.15) is 0 Å². The van der Waals surface area contributed by atoms with Crippen LogP contribution in [0.1, 0.15) is 112 Å². The Morgan fingerprint density at radius 2 is 0.713 bits per heavy atom. The minimum absolute atomic E-state index is 0.114. The fourth-order valence-electron chi connectivity index (χ4n) is 9.27. The van der Waals surface area contributed by atoms with Crippen molar-refractivity contribution in [3.63, 3.8) is 0 Å². The van der Waals surface area contributed by atoms with E-state index >= 15 is 0 Å². The highest BCUT2D eigenvalue weighted by Gasteiger charge is 2.19. The van der Waals surface area contributed by atoms with E-state index in [1.165, 1.54) is 50.9 Å². The summed E-state index contributed by atoms with van der Waals surface area (Å²) in [6, 6.07) is 69.8. The molecule has 15 nitrogen and oxygen atoms in total. The third-order valence-corrected chi connectivity index (χ3v) is 19.1. The van der Waals surface area contributed by atoms with Gasteiger partial charge in [-0.15, -0.1) is 45.3 Å². The second kappa shape index (κ2) is 36.2. The van der Waals surface area contributed by atoms with Gasteiger partial charge in [0.05, 0.1) is 31.7 Å². The first-order valence-corrected chi connectivity index (χ1v) is 36.2. The number of amides is 5. The van der Waals surface area contributed by atoms with E-state index < -0.39 is 11.7 Å². The van der Waals surface area contributed by atoms with Crippen molar-refractivity contribution in [1.29, 1.82) is 0 Å². The summed E-state index contributed by atoms with van der Waals surface area (Å²) < 4.78 is 16.5. The summed E-state index contributed by atoms with van der Waals surface area (Å²) in [4.78, 5) is 76.0. The van der Waals surface area contributed by atoms with E-state index in [1.807, 2.05) is 164 Å². The van der Waals surface area contributed by atoms with Crippen LogP contribution >= 0.6 is 68.5 Å². The van der Waals surface area contributed by atoms with Crippen molar-refractivity contribution < 1.29 is 38.2 Å². The zero-order valence-electron chi connectivity index (χ0n) is 56.9. The summed E-state index contributed by atoms with van der Waals surface area (Å²) in [6.07, 6.45) is 4.76. The van der Waals surface area contributed by atoms with Crippen molar-refractivity contribution in [3.05, 3.63) is 278 Å². The molecule has 0 spiro atoms. The lowest BCUT2D eigenvalue weighted by Gasteiger charge is -2.19. The van der Waals surface area contributed by atoms with Gasteiger partial charge < -0.3 is 35.5 Å². The molecule has 0 unspecified atom stereocenters. The maximum absolute atomic E-state index is 12.4. The number of nitrogens with zero attached hydrogens (tertiary/aromatic N) is 2. The lowest BCUT2D eigenvalue weighted by molar-refractivity contribution is 0.0635. The van der Waals surface area contributed by atoms with Crippen LogP contribution in [0.5, 0.6) is 11.5 Å². The van der Waals surface area contributed by atoms with Gasteiger partial charge in [0.25, 0.3) is 23.6 Å². The van der Waals surface area contributed by atoms with E-state index in [-0.39, 0.29) is 35.8 Å². The number of halogens is 2. The van der Waals surface area contributed by atoms with Crippen LogP contribution in [0.4, 0.5) is 33.4 Å². The molecule has 0 atom stereocenters. The number of hydrogen-bond donors (Lipinski definition) is 5. The minimum atomic E-state index is -0.552. The smallest absolute Gasteiger partial charge is 0.412 e. The van der Waals surface area contributed by atoms with Gasteiger partial charge in [-0.25, -0.2) is 9.78 Å². The fourth-order valence-corrected chi connectivity index (χ4v) is 13.1. The van der Waals surface area contributed by atoms with E-state index in [4.69, 9.17) is 37.4 Å². The molecule has 5 amide bonds. The third-order valence-electron chi connectivity index (χ3n) is 14.1. The summed E-state index contributed by atoms with van der Waals surface area (Å²) in [7, 11) is 0. The number of benzene rings is 6. The highest BCUT2D eigenvalue weighted by atomic mass is 35.5. The summed E-state index contributed by atoms with van der Waals surface area (Å²) in [6.45, 7) is 17.8. The Kier molecular flexibility index (Phi) is 26.9. The van der Waals surface area contributed by atoms with E-state index in [1.54, 1.807) is 104 Å². The van der Waals surface area contributed by atoms with Gasteiger partial charge in [-0.3, -0.25) is 29.5 Å². The molecule has 0 saturated carbocycles. The molecule has 0 saturated heterocycles. The number of rotatable bonds is 18. The average molecular weight is 1460 g/mol. The maximum atomic E-state index is 12.4. The Labute approximate surface area is 614 Å². The van der Waals surface area contributed by atoms with Crippen LogP contribution in [0.2, 0.25) is 10.0 Å². The lowest BCUT2D eigenvalue weighted by atomic mass is 10.0. The van der Waals surface area contributed by atoms with Gasteiger partial charge in [-0.05, 0) is 264 Å². The molecule has 101 heavy (non-hydrogen) atoms. The zero-order valence-corrected chi connectivity index (χ0v) is 61.7. The summed E-state index contributed by atoms with van der Waals surface area (Å²) >= 11 is 17.5. The molecule has 0 fully saturated rings. The number of nitrogens with one attached hydrogen (secondary N) is 5. The monoisotopic (exact) mass is 1460 g/mol. The summed E-state index contributed by atoms with van der Waals surface area (Å²) in [5.41, 5.74) is 7.77. The molecule has 0 radical (unpaired) electrons. The summed E-state index contributed by atoms with van der Waals surface area (Å²) in [5, 5.41) is 15.4. The van der Waals surface area contributed by atoms with Crippen LogP contribution in [-0.4, -0.2) is 57.5 Å². The number of aromatic nitrogens is 2. The Morgan fingerprint density at radius 3 is 1.06 bits per heavy atom. The van der Waals surface area contributed by atoms with Crippen LogP contribution in [0.3, 0.4) is 0 Å². The van der Waals surface area contributed by atoms with Gasteiger partial charge in [0, 0.05) is 70.9 Å². The largest absolute Gasteiger partial charge is 0.491 e. The van der Waals surface area contributed by atoms with Crippen molar-refractivity contribution in [3.8, 4) is 53.3 Å². The highest BCUT2D eigenvalue weighted by molar-refractivity contribution is 7.18. The molecule has 6 heterocycles. The minimum Gasteiger partial charge on any atom is -0.491 e. The molecule has 6 aromatic heterocycles. The molecular weight excluding hydrogens is 1390 g/mol. The Hall–Kier alpha value is -10.3. The molecule has 6 aromatic carbocycles. The van der Waals surface area contributed by atoms with Crippen molar-refractivity contribution in [2.45, 2.75) is 86.0 Å². The first-order chi connectivity index (χ1) is 48.4. The standard InChI is InChI=1S/C22H21ClN2O3S.C20H18ClNO2S.C19H18N2O2S.C19H18N2OS/c1-22(2,3)28-21(27)25-17-8-4-14(5-9-17)18-12-13-19(29-18)20(26)24-16-10-6-15(23)7-11-16;1-13(2)24-17-9-3-14(4-10-17)18-11-12-19(25-18)20(23)22-16-7-5-15(21)6-8-16;1-13(2)23-16-5-3-14(4-6-16)17-7-8-18(24-17)19(22)21-15-9-11-20-12-10-15;1-13(2)14-6-8-15(9-7-14)16-10-11-17(23-16)19(22)21-18-5-3-4-12-20-18/h4-13H,1-3H3,(H,24,26)(H,25,27);3-13H,1-2H3,(H,22,23);3-13H,1-2H3,(H,20,21,22);3-13H,1-2H3,(H,20,21,22). The van der Waals surface area contributed by atoms with Crippen molar-refractivity contribution in [2.24, 2.45) is 0 Å². The molecule has 5 N–H and O–H groups in total. The van der Waals surface area contributed by atoms with Crippen LogP contribution in [0, 0.1) is 0 Å². The first-order valence-electron chi connectivity index (χ1n) is 32.2. The number of carbonyl (C=O) groups is 5. The van der Waals surface area contributed by atoms with E-state index in [0.717, 1.165) is 64.6 Å². The topological polar surface area (TPSA) is 199 Å². The van der Waals surface area contributed by atoms with Crippen molar-refractivity contribution in [2.75, 3.05) is 26.6 Å². The first kappa shape index (κ1) is 75.0. The maximum Gasteiger partial charge on any atom is 0.412 e. The molecule has 0 aliphatic rings. The number of carbonyl (C=O) groups excluding carboxylic acids is 5. The highest BCUT2D eigenvalue weighted by Crippen LogP contribution is 2.35. The van der Waals surface area contributed by atoms with Crippen LogP contribution < -0.4 is 36.1 Å². The van der Waals surface area contributed by atoms with Crippen LogP contribution in [0.25, 0.3) is 41.8 Å². The van der Waals surface area contributed by atoms with E-state index in [9.17, 15) is 24.0 Å². The normalized spacial score (nSPS) is 10.8. The van der Waals surface area contributed by atoms with Gasteiger partial charge in [-0.1, -0.05) is 79.5 Å². The molecule has 21 heteroatoms. The van der Waals surface area contributed by atoms with Gasteiger partial charge in [0.1, 0.15) is 22.9 Å². The van der Waals surface area contributed by atoms with E-state index in [2.05, 4.69) is 74.7 Å². The molecule has 0 aliphatic heterocycles. The van der Waals surface area contributed by atoms with Gasteiger partial charge >= 0.3 is 6.09 Å². The average Bonchev–Trinajstić information content (AvgIpc) is 1.74. The fraction of sp³-hybridized carbons (Fsp3) is 0.163. The SMILES string of the molecule is CC(C)(C)OC(=O)Nc1ccc(-c2ccc(C(=O)Nc3ccc(Cl)cc3)s2)cc1.CC(C)Oc1ccc(-c2ccc(C(=O)Nc3ccc(Cl)cc3)s2)cc1.CC(C)Oc1ccc(-c2ccc(C(=O)Nc3ccncc3)s2)cc1.CC(C)c1ccc(-c2ccc(C(=O)Nc3ccccn3)s2)cc1. The molecule has 0 bridgehead atoms. The molecule has 516 valence electrons. The molecule has 12 aromatic rings. The number of thiophene rings is 4. The quantitative estimate of drug-likeness (QED) is 0.0551. The predicted molar refractivity (Wildman–Crippen MR) is 418 cm³/mol. The summed E-state index contributed by atoms with van der Waals surface area (Å²) in [5.74, 6) is 2.24. The molecular formula is C80H75Cl2N7O8S4. The lowest BCUT2D eigenvalue weighted by Crippen LogP contribution is -2.27. The zero-order chi connectivity index (χ0) is 72.0. The third kappa shape index (κ3) is 23.7. The molecule has 0 aliphatic carbocycles. The predicted octanol–water partition coefficient (Wildman–Crippen LogP) is 22.8.